The number of esters is 1. The molecule has 1 aliphatic rings. The summed E-state index contributed by atoms with van der Waals surface area (Å²) < 4.78 is 77.3. The first kappa shape index (κ1) is 68.0. The van der Waals surface area contributed by atoms with Gasteiger partial charge in [0.15, 0.2) is 0 Å². The Balaban J connectivity index is 0.883. The molecule has 17 nitrogen and oxygen atoms in total. The van der Waals surface area contributed by atoms with Crippen molar-refractivity contribution in [3.63, 3.8) is 0 Å². The first-order valence-electron chi connectivity index (χ1n) is 29.4. The molecule has 0 unspecified atom stereocenters. The molecule has 0 saturated heterocycles. The standard InChI is InChI=1S/C60H101NO16/c1-2-3-4-5-6-7-8-9-10-11-12-13-14-15-16-26-59(62)76-52-51-75-50-49-74-48-47-73-46-45-72-44-43-71-42-41-70-40-39-69-38-37-68-36-35-67-34-33-66-32-31-65-30-29-64-28-21-27-61-60(63)77-53-58-56-24-19-17-22-54(56)55-23-18-20-25-57(55)58/h17-20,22-25,58H,2-16,21,26-53H2,1H3,(H,61,63). The van der Waals surface area contributed by atoms with E-state index in [0.717, 1.165) is 12.8 Å². The van der Waals surface area contributed by atoms with E-state index in [1.165, 1.54) is 106 Å². The zero-order chi connectivity index (χ0) is 54.4. The smallest absolute Gasteiger partial charge is 0.407 e. The molecule has 17 heteroatoms. The van der Waals surface area contributed by atoms with Gasteiger partial charge in [-0.25, -0.2) is 4.79 Å². The maximum Gasteiger partial charge on any atom is 0.407 e. The van der Waals surface area contributed by atoms with Gasteiger partial charge in [0, 0.05) is 25.5 Å². The minimum atomic E-state index is -0.418. The third-order valence-electron chi connectivity index (χ3n) is 12.6. The Hall–Kier alpha value is -3.30. The molecule has 0 fully saturated rings. The molecule has 0 radical (unpaired) electrons. The van der Waals surface area contributed by atoms with Crippen molar-refractivity contribution in [1.82, 2.24) is 5.32 Å². The molecule has 3 rings (SSSR count). The summed E-state index contributed by atoms with van der Waals surface area (Å²) in [5, 5.41) is 2.81. The van der Waals surface area contributed by atoms with Crippen LogP contribution in [-0.2, 0) is 71.1 Å². The lowest BCUT2D eigenvalue weighted by molar-refractivity contribution is -0.145. The summed E-state index contributed by atoms with van der Waals surface area (Å²) in [6, 6.07) is 16.6. The number of unbranched alkanes of at least 4 members (excludes halogenated alkanes) is 14. The number of ether oxygens (including phenoxy) is 14. The van der Waals surface area contributed by atoms with Crippen LogP contribution in [0.4, 0.5) is 4.79 Å². The number of hydrogen-bond donors (Lipinski definition) is 1. The lowest BCUT2D eigenvalue weighted by atomic mass is 9.98. The van der Waals surface area contributed by atoms with Crippen molar-refractivity contribution >= 4 is 12.1 Å². The highest BCUT2D eigenvalue weighted by Gasteiger charge is 2.29. The van der Waals surface area contributed by atoms with Gasteiger partial charge in [-0.05, 0) is 35.1 Å². The van der Waals surface area contributed by atoms with Crippen molar-refractivity contribution in [1.29, 1.82) is 0 Å². The van der Waals surface area contributed by atoms with E-state index < -0.39 is 6.09 Å². The second kappa shape index (κ2) is 52.1. The number of carbonyl (C=O) groups excluding carboxylic acids is 2. The average molecular weight is 1090 g/mol. The van der Waals surface area contributed by atoms with Gasteiger partial charge < -0.3 is 71.6 Å². The Bertz CT molecular complexity index is 1590. The number of nitrogens with one attached hydrogen (secondary N) is 1. The fraction of sp³-hybridized carbons (Fsp3) is 0.767. The molecule has 0 spiro atoms. The summed E-state index contributed by atoms with van der Waals surface area (Å²) >= 11 is 0. The molecule has 0 saturated carbocycles. The van der Waals surface area contributed by atoms with Crippen LogP contribution in [0.3, 0.4) is 0 Å². The van der Waals surface area contributed by atoms with E-state index in [2.05, 4.69) is 36.5 Å². The minimum absolute atomic E-state index is 0.0441. The largest absolute Gasteiger partial charge is 0.463 e. The molecule has 1 N–H and O–H groups in total. The van der Waals surface area contributed by atoms with Gasteiger partial charge in [-0.1, -0.05) is 145 Å². The maximum atomic E-state index is 12.3. The van der Waals surface area contributed by atoms with E-state index in [-0.39, 0.29) is 18.5 Å². The number of alkyl carbamates (subject to hydrolysis) is 1. The molecular weight excluding hydrogens is 991 g/mol. The van der Waals surface area contributed by atoms with Gasteiger partial charge in [-0.15, -0.1) is 0 Å². The number of fused-ring (bicyclic) bond motifs is 3. The Morgan fingerprint density at radius 3 is 1.00 bits per heavy atom. The molecule has 0 aromatic heterocycles. The quantitative estimate of drug-likeness (QED) is 0.0489. The third kappa shape index (κ3) is 38.9. The molecule has 1 aliphatic carbocycles. The molecule has 2 aromatic rings. The van der Waals surface area contributed by atoms with E-state index in [1.807, 2.05) is 24.3 Å². The zero-order valence-electron chi connectivity index (χ0n) is 47.3. The lowest BCUT2D eigenvalue weighted by Gasteiger charge is -2.14. The van der Waals surface area contributed by atoms with Crippen LogP contribution in [0.1, 0.15) is 133 Å². The van der Waals surface area contributed by atoms with Crippen molar-refractivity contribution in [2.45, 2.75) is 122 Å². The van der Waals surface area contributed by atoms with E-state index in [0.29, 0.717) is 185 Å². The molecule has 442 valence electrons. The minimum Gasteiger partial charge on any atom is -0.463 e. The fourth-order valence-corrected chi connectivity index (χ4v) is 8.46. The first-order valence-corrected chi connectivity index (χ1v) is 29.4. The second-order valence-electron chi connectivity index (χ2n) is 18.9. The number of benzene rings is 2. The highest BCUT2D eigenvalue weighted by molar-refractivity contribution is 5.79. The monoisotopic (exact) mass is 1090 g/mol. The van der Waals surface area contributed by atoms with Crippen LogP contribution < -0.4 is 5.32 Å². The molecule has 0 aliphatic heterocycles. The van der Waals surface area contributed by atoms with Gasteiger partial charge in [0.2, 0.25) is 0 Å². The van der Waals surface area contributed by atoms with Crippen LogP contribution >= 0.6 is 0 Å². The second-order valence-corrected chi connectivity index (χ2v) is 18.9. The normalized spacial score (nSPS) is 12.1. The summed E-state index contributed by atoms with van der Waals surface area (Å²) in [5.41, 5.74) is 4.80. The summed E-state index contributed by atoms with van der Waals surface area (Å²) in [5.74, 6) is -0.0912. The Morgan fingerprint density at radius 1 is 0.351 bits per heavy atom. The summed E-state index contributed by atoms with van der Waals surface area (Å²) in [7, 11) is 0. The average Bonchev–Trinajstić information content (AvgIpc) is 3.80. The highest BCUT2D eigenvalue weighted by Crippen LogP contribution is 2.44. The van der Waals surface area contributed by atoms with Crippen LogP contribution in [0.5, 0.6) is 0 Å². The van der Waals surface area contributed by atoms with Gasteiger partial charge in [-0.3, -0.25) is 4.79 Å². The van der Waals surface area contributed by atoms with E-state index >= 15 is 0 Å². The molecule has 0 atom stereocenters. The molecule has 0 heterocycles. The van der Waals surface area contributed by atoms with Crippen LogP contribution in [0.25, 0.3) is 11.1 Å². The van der Waals surface area contributed by atoms with Gasteiger partial charge in [0.05, 0.1) is 152 Å². The Morgan fingerprint density at radius 2 is 0.649 bits per heavy atom. The molecule has 1 amide bonds. The van der Waals surface area contributed by atoms with Crippen LogP contribution in [0.15, 0.2) is 48.5 Å². The Labute approximate surface area is 462 Å². The summed E-state index contributed by atoms with van der Waals surface area (Å²) in [4.78, 5) is 24.3. The van der Waals surface area contributed by atoms with Crippen LogP contribution in [0, 0.1) is 0 Å². The van der Waals surface area contributed by atoms with Crippen molar-refractivity contribution < 1.29 is 75.9 Å². The third-order valence-corrected chi connectivity index (χ3v) is 12.6. The van der Waals surface area contributed by atoms with Gasteiger partial charge in [-0.2, -0.15) is 0 Å². The summed E-state index contributed by atoms with van der Waals surface area (Å²) in [6.07, 6.45) is 20.4. The predicted molar refractivity (Wildman–Crippen MR) is 298 cm³/mol. The van der Waals surface area contributed by atoms with Crippen LogP contribution in [0.2, 0.25) is 0 Å². The number of amides is 1. The number of rotatable bonds is 58. The molecular formula is C60H101NO16. The van der Waals surface area contributed by atoms with Crippen LogP contribution in [-0.4, -0.2) is 190 Å². The van der Waals surface area contributed by atoms with Gasteiger partial charge in [0.25, 0.3) is 0 Å². The molecule has 77 heavy (non-hydrogen) atoms. The number of carbonyl (C=O) groups is 2. The molecule has 0 bridgehead atoms. The zero-order valence-corrected chi connectivity index (χ0v) is 47.3. The lowest BCUT2D eigenvalue weighted by Crippen LogP contribution is -2.27. The van der Waals surface area contributed by atoms with Crippen molar-refractivity contribution in [3.05, 3.63) is 59.7 Å². The Kier molecular flexibility index (Phi) is 46.0. The highest BCUT2D eigenvalue weighted by atomic mass is 16.6. The molecule has 2 aromatic carbocycles. The predicted octanol–water partition coefficient (Wildman–Crippen LogP) is 9.92. The first-order chi connectivity index (χ1) is 38.2. The van der Waals surface area contributed by atoms with Crippen molar-refractivity contribution in [3.8, 4) is 11.1 Å². The van der Waals surface area contributed by atoms with Crippen molar-refractivity contribution in [2.75, 3.05) is 178 Å². The van der Waals surface area contributed by atoms with E-state index in [9.17, 15) is 9.59 Å². The van der Waals surface area contributed by atoms with Gasteiger partial charge in [0.1, 0.15) is 13.2 Å². The van der Waals surface area contributed by atoms with E-state index in [4.69, 9.17) is 66.3 Å². The topological polar surface area (TPSA) is 175 Å². The van der Waals surface area contributed by atoms with E-state index in [1.54, 1.807) is 0 Å². The fourth-order valence-electron chi connectivity index (χ4n) is 8.46. The van der Waals surface area contributed by atoms with Crippen molar-refractivity contribution in [2.24, 2.45) is 0 Å². The summed E-state index contributed by atoms with van der Waals surface area (Å²) in [6.45, 7) is 14.8. The van der Waals surface area contributed by atoms with Gasteiger partial charge >= 0.3 is 12.1 Å². The SMILES string of the molecule is CCCCCCCCCCCCCCCCCC(=O)OCCOCCOCCOCCOCCOCCOCCOCCOCCOCCOCCOCCOCCCNC(=O)OCC1c2ccccc2-c2ccccc21. The maximum absolute atomic E-state index is 12.3. The number of hydrogen-bond acceptors (Lipinski definition) is 16.